The van der Waals surface area contributed by atoms with E-state index in [0.717, 1.165) is 11.3 Å². The molecule has 1 unspecified atom stereocenters. The number of aromatic nitrogens is 3. The number of rotatable bonds is 8. The van der Waals surface area contributed by atoms with Crippen molar-refractivity contribution in [2.45, 2.75) is 65.0 Å². The van der Waals surface area contributed by atoms with Crippen LogP contribution >= 0.6 is 0 Å². The fourth-order valence-electron chi connectivity index (χ4n) is 5.74. The van der Waals surface area contributed by atoms with Crippen molar-refractivity contribution >= 4 is 17.2 Å². The van der Waals surface area contributed by atoms with E-state index in [-0.39, 0.29) is 49.1 Å². The van der Waals surface area contributed by atoms with E-state index in [1.807, 2.05) is 19.9 Å². The van der Waals surface area contributed by atoms with Gasteiger partial charge in [-0.1, -0.05) is 6.92 Å². The number of halogens is 3. The molecule has 1 aliphatic rings. The normalized spacial score (nSPS) is 15.5. The number of alkyl halides is 3. The summed E-state index contributed by atoms with van der Waals surface area (Å²) in [5.74, 6) is -0.507. The lowest BCUT2D eigenvalue weighted by molar-refractivity contribution is -0.162. The highest BCUT2D eigenvalue weighted by molar-refractivity contribution is 6.04. The van der Waals surface area contributed by atoms with Crippen molar-refractivity contribution in [1.29, 1.82) is 0 Å². The number of pyridine rings is 1. The van der Waals surface area contributed by atoms with Crippen LogP contribution < -0.4 is 10.3 Å². The minimum absolute atomic E-state index is 0.0474. The molecule has 8 nitrogen and oxygen atoms in total. The van der Waals surface area contributed by atoms with E-state index >= 15 is 0 Å². The Hall–Kier alpha value is -3.63. The first-order chi connectivity index (χ1) is 18.4. The number of hydrogen-bond acceptors (Lipinski definition) is 5. The molecule has 0 bridgehead atoms. The van der Waals surface area contributed by atoms with E-state index in [2.05, 4.69) is 10.1 Å². The van der Waals surface area contributed by atoms with Crippen molar-refractivity contribution in [1.82, 2.24) is 19.5 Å². The summed E-state index contributed by atoms with van der Waals surface area (Å²) in [6, 6.07) is 5.32. The number of ether oxygens (including phenoxy) is 1. The predicted octanol–water partition coefficient (Wildman–Crippen LogP) is 4.76. The number of nitrogens with one attached hydrogen (secondary N) is 1. The molecule has 210 valence electrons. The molecule has 0 radical (unpaired) electrons. The standard InChI is InChI=1S/C28H33F3N4O4/c1-16-14-23(39-4)20(27(38)33-16)7-8-22(36)25-18(3)26(35-21(25)6-5-11-32-35)17(2)19-9-12-34(13-10-19)24(37)15-28(29,30)31/h5-6,11,14,17,19H,7-10,12-13,15H2,1-4H3,(H,33,38). The maximum atomic E-state index is 13.5. The zero-order valence-corrected chi connectivity index (χ0v) is 22.5. The number of carbonyl (C=O) groups excluding carboxylic acids is 2. The zero-order chi connectivity index (χ0) is 28.5. The third-order valence-electron chi connectivity index (χ3n) is 7.71. The molecule has 1 aliphatic heterocycles. The van der Waals surface area contributed by atoms with Crippen LogP contribution in [0.3, 0.4) is 0 Å². The molecule has 1 N–H and O–H groups in total. The number of Topliss-reactive ketones (excluding diaryl/α,β-unsaturated/α-hetero) is 1. The van der Waals surface area contributed by atoms with E-state index < -0.39 is 18.5 Å². The lowest BCUT2D eigenvalue weighted by atomic mass is 9.82. The maximum absolute atomic E-state index is 13.5. The van der Waals surface area contributed by atoms with Crippen molar-refractivity contribution in [2.75, 3.05) is 20.2 Å². The molecular formula is C28H33F3N4O4. The van der Waals surface area contributed by atoms with Gasteiger partial charge in [-0.2, -0.15) is 18.3 Å². The Labute approximate surface area is 224 Å². The number of ketones is 1. The lowest BCUT2D eigenvalue weighted by Gasteiger charge is -2.35. The average molecular weight is 547 g/mol. The topological polar surface area (TPSA) is 96.8 Å². The minimum atomic E-state index is -4.52. The highest BCUT2D eigenvalue weighted by Gasteiger charge is 2.36. The molecule has 4 heterocycles. The number of methoxy groups -OCH3 is 1. The molecule has 0 saturated carbocycles. The first-order valence-corrected chi connectivity index (χ1v) is 13.0. The molecular weight excluding hydrogens is 513 g/mol. The second kappa shape index (κ2) is 11.2. The number of fused-ring (bicyclic) bond motifs is 1. The van der Waals surface area contributed by atoms with E-state index in [1.165, 1.54) is 12.0 Å². The molecule has 11 heteroatoms. The molecule has 1 amide bonds. The highest BCUT2D eigenvalue weighted by Crippen LogP contribution is 2.37. The monoisotopic (exact) mass is 546 g/mol. The number of aromatic amines is 1. The molecule has 1 atom stereocenters. The Morgan fingerprint density at radius 2 is 1.92 bits per heavy atom. The Bertz CT molecular complexity index is 1440. The van der Waals surface area contributed by atoms with E-state index in [9.17, 15) is 27.6 Å². The molecule has 4 rings (SSSR count). The molecule has 3 aromatic rings. The van der Waals surface area contributed by atoms with Gasteiger partial charge in [0, 0.05) is 48.6 Å². The summed E-state index contributed by atoms with van der Waals surface area (Å²) in [5.41, 5.74) is 3.69. The van der Waals surface area contributed by atoms with Crippen molar-refractivity contribution in [2.24, 2.45) is 5.92 Å². The largest absolute Gasteiger partial charge is 0.496 e. The number of nitrogens with zero attached hydrogens (tertiary/aromatic N) is 3. The molecule has 3 aromatic heterocycles. The van der Waals surface area contributed by atoms with Crippen LogP contribution in [0.5, 0.6) is 5.75 Å². The Morgan fingerprint density at radius 3 is 2.56 bits per heavy atom. The molecule has 0 aliphatic carbocycles. The SMILES string of the molecule is COc1cc(C)[nH]c(=O)c1CCC(=O)c1c(C)c(C(C)C2CCN(C(=O)CC(F)(F)F)CC2)n2ncccc12. The van der Waals surface area contributed by atoms with Crippen molar-refractivity contribution in [3.05, 3.63) is 62.8 Å². The third kappa shape index (κ3) is 6.02. The van der Waals surface area contributed by atoms with Gasteiger partial charge in [0.2, 0.25) is 5.91 Å². The van der Waals surface area contributed by atoms with Crippen LogP contribution in [-0.4, -0.2) is 57.6 Å². The van der Waals surface area contributed by atoms with Crippen molar-refractivity contribution in [3.63, 3.8) is 0 Å². The number of piperidine rings is 1. The number of aryl methyl sites for hydroxylation is 1. The number of likely N-dealkylation sites (tertiary alicyclic amines) is 1. The van der Waals surface area contributed by atoms with Crippen LogP contribution in [0.4, 0.5) is 13.2 Å². The quantitative estimate of drug-likeness (QED) is 0.411. The van der Waals surface area contributed by atoms with E-state index in [1.54, 1.807) is 29.8 Å². The van der Waals surface area contributed by atoms with Gasteiger partial charge in [0.1, 0.15) is 12.2 Å². The van der Waals surface area contributed by atoms with Gasteiger partial charge in [0.15, 0.2) is 5.78 Å². The van der Waals surface area contributed by atoms with Crippen molar-refractivity contribution < 1.29 is 27.5 Å². The maximum Gasteiger partial charge on any atom is 0.397 e. The summed E-state index contributed by atoms with van der Waals surface area (Å²) in [6.45, 7) is 6.20. The van der Waals surface area contributed by atoms with Crippen LogP contribution in [-0.2, 0) is 11.2 Å². The fraction of sp³-hybridized carbons (Fsp3) is 0.500. The summed E-state index contributed by atoms with van der Waals surface area (Å²) in [7, 11) is 1.49. The molecule has 1 saturated heterocycles. The van der Waals surface area contributed by atoms with Crippen LogP contribution in [0.15, 0.2) is 29.2 Å². The second-order valence-electron chi connectivity index (χ2n) is 10.3. The van der Waals surface area contributed by atoms with Gasteiger partial charge in [-0.25, -0.2) is 4.52 Å². The van der Waals surface area contributed by atoms with E-state index in [4.69, 9.17) is 4.74 Å². The van der Waals surface area contributed by atoms with Gasteiger partial charge < -0.3 is 14.6 Å². The average Bonchev–Trinajstić information content (AvgIpc) is 3.17. The molecule has 1 fully saturated rings. The van der Waals surface area contributed by atoms with Crippen LogP contribution in [0.25, 0.3) is 5.52 Å². The molecule has 39 heavy (non-hydrogen) atoms. The second-order valence-corrected chi connectivity index (χ2v) is 10.3. The summed E-state index contributed by atoms with van der Waals surface area (Å²) in [4.78, 5) is 42.1. The van der Waals surface area contributed by atoms with Gasteiger partial charge in [-0.15, -0.1) is 0 Å². The Kier molecular flexibility index (Phi) is 8.17. The summed E-state index contributed by atoms with van der Waals surface area (Å²) in [5, 5.41) is 4.51. The first-order valence-electron chi connectivity index (χ1n) is 13.0. The minimum Gasteiger partial charge on any atom is -0.496 e. The predicted molar refractivity (Wildman–Crippen MR) is 139 cm³/mol. The fourth-order valence-corrected chi connectivity index (χ4v) is 5.74. The molecule has 0 aromatic carbocycles. The van der Waals surface area contributed by atoms with Gasteiger partial charge in [-0.3, -0.25) is 14.4 Å². The number of hydrogen-bond donors (Lipinski definition) is 1. The van der Waals surface area contributed by atoms with Crippen LogP contribution in [0.1, 0.15) is 71.4 Å². The van der Waals surface area contributed by atoms with Gasteiger partial charge in [0.25, 0.3) is 5.56 Å². The highest BCUT2D eigenvalue weighted by atomic mass is 19.4. The smallest absolute Gasteiger partial charge is 0.397 e. The van der Waals surface area contributed by atoms with Gasteiger partial charge in [-0.05, 0) is 62.8 Å². The number of amides is 1. The summed E-state index contributed by atoms with van der Waals surface area (Å²) < 4.78 is 45.1. The van der Waals surface area contributed by atoms with Crippen LogP contribution in [0, 0.1) is 19.8 Å². The zero-order valence-electron chi connectivity index (χ0n) is 22.5. The van der Waals surface area contributed by atoms with Gasteiger partial charge >= 0.3 is 6.18 Å². The Balaban J connectivity index is 1.55. The van der Waals surface area contributed by atoms with Gasteiger partial charge in [0.05, 0.1) is 18.2 Å². The van der Waals surface area contributed by atoms with Crippen LogP contribution in [0.2, 0.25) is 0 Å². The van der Waals surface area contributed by atoms with Crippen molar-refractivity contribution in [3.8, 4) is 5.75 Å². The number of H-pyrrole nitrogens is 1. The first kappa shape index (κ1) is 28.4. The third-order valence-corrected chi connectivity index (χ3v) is 7.71. The Morgan fingerprint density at radius 1 is 1.23 bits per heavy atom. The summed E-state index contributed by atoms with van der Waals surface area (Å²) >= 11 is 0. The lowest BCUT2D eigenvalue weighted by Crippen LogP contribution is -2.41. The summed E-state index contributed by atoms with van der Waals surface area (Å²) in [6.07, 6.45) is -2.88. The number of carbonyl (C=O) groups is 2. The van der Waals surface area contributed by atoms with E-state index in [0.29, 0.717) is 40.9 Å². The molecule has 0 spiro atoms.